The monoisotopic (exact) mass is 611 g/mol. The summed E-state index contributed by atoms with van der Waals surface area (Å²) in [6.07, 6.45) is -0.758. The van der Waals surface area contributed by atoms with Gasteiger partial charge in [-0.1, -0.05) is 74.5 Å². The topological polar surface area (TPSA) is 140 Å². The molecule has 240 valence electrons. The molecule has 44 heavy (non-hydrogen) atoms. The third-order valence-corrected chi connectivity index (χ3v) is 6.34. The van der Waals surface area contributed by atoms with Gasteiger partial charge in [0.25, 0.3) is 0 Å². The van der Waals surface area contributed by atoms with Gasteiger partial charge in [-0.05, 0) is 51.7 Å². The second-order valence-electron chi connectivity index (χ2n) is 11.7. The number of esters is 2. The fraction of sp³-hybridized carbons (Fsp3) is 0.485. The zero-order valence-electron chi connectivity index (χ0n) is 26.6. The first-order valence-electron chi connectivity index (χ1n) is 14.7. The number of nitrogens with zero attached hydrogens (tertiary/aromatic N) is 1. The number of alkyl carbamates (subject to hydrolysis) is 1. The van der Waals surface area contributed by atoms with Gasteiger partial charge in [0.1, 0.15) is 36.9 Å². The standard InChI is InChI=1S/C33H45N3O8/c1-8-42-31(40)28(22(2)3)36(20-27(37)44-33(5,6)7)30(39)26(19-24-15-11-9-12-16-24)35-29(38)23(4)34-32(41)43-21-25-17-13-10-14-18-25/h9-18,22-23,26,28H,8,19-21H2,1-7H3,(H,34,41)(H,35,38). The zero-order valence-corrected chi connectivity index (χ0v) is 26.6. The minimum atomic E-state index is -1.20. The average Bonchev–Trinajstić information content (AvgIpc) is 2.95. The van der Waals surface area contributed by atoms with Gasteiger partial charge in [0, 0.05) is 6.42 Å². The molecule has 11 heteroatoms. The summed E-state index contributed by atoms with van der Waals surface area (Å²) in [5.74, 6) is -3.18. The molecule has 3 amide bonds. The highest BCUT2D eigenvalue weighted by Gasteiger charge is 2.39. The number of benzene rings is 2. The van der Waals surface area contributed by atoms with E-state index in [-0.39, 0.29) is 19.6 Å². The molecule has 0 aliphatic carbocycles. The van der Waals surface area contributed by atoms with Gasteiger partial charge in [0.2, 0.25) is 11.8 Å². The Balaban J connectivity index is 2.33. The fourth-order valence-corrected chi connectivity index (χ4v) is 4.37. The van der Waals surface area contributed by atoms with Crippen molar-refractivity contribution in [2.45, 2.75) is 85.2 Å². The minimum Gasteiger partial charge on any atom is -0.464 e. The molecule has 0 aliphatic rings. The lowest BCUT2D eigenvalue weighted by atomic mass is 9.99. The number of nitrogens with one attached hydrogen (secondary N) is 2. The van der Waals surface area contributed by atoms with Gasteiger partial charge in [0.15, 0.2) is 0 Å². The number of rotatable bonds is 14. The second kappa shape index (κ2) is 17.0. The van der Waals surface area contributed by atoms with Crippen LogP contribution in [0.15, 0.2) is 60.7 Å². The van der Waals surface area contributed by atoms with Crippen molar-refractivity contribution >= 4 is 29.8 Å². The highest BCUT2D eigenvalue weighted by molar-refractivity contribution is 5.94. The van der Waals surface area contributed by atoms with E-state index in [1.54, 1.807) is 77.9 Å². The Hall–Kier alpha value is -4.41. The van der Waals surface area contributed by atoms with E-state index < -0.39 is 66.0 Å². The molecule has 0 bridgehead atoms. The maximum atomic E-state index is 14.2. The molecule has 0 aromatic heterocycles. The van der Waals surface area contributed by atoms with Gasteiger partial charge in [0.05, 0.1) is 6.61 Å². The summed E-state index contributed by atoms with van der Waals surface area (Å²) in [5.41, 5.74) is 0.667. The fourth-order valence-electron chi connectivity index (χ4n) is 4.37. The first-order valence-corrected chi connectivity index (χ1v) is 14.7. The van der Waals surface area contributed by atoms with E-state index >= 15 is 0 Å². The summed E-state index contributed by atoms with van der Waals surface area (Å²) in [7, 11) is 0. The van der Waals surface area contributed by atoms with Crippen LogP contribution in [0.5, 0.6) is 0 Å². The summed E-state index contributed by atoms with van der Waals surface area (Å²) in [5, 5.41) is 5.18. The number of amides is 3. The van der Waals surface area contributed by atoms with E-state index in [0.717, 1.165) is 16.0 Å². The summed E-state index contributed by atoms with van der Waals surface area (Å²) in [4.78, 5) is 67.1. The van der Waals surface area contributed by atoms with Crippen LogP contribution in [-0.2, 0) is 46.4 Å². The predicted molar refractivity (Wildman–Crippen MR) is 164 cm³/mol. The van der Waals surface area contributed by atoms with Gasteiger partial charge in [-0.2, -0.15) is 0 Å². The first-order chi connectivity index (χ1) is 20.7. The Morgan fingerprint density at radius 2 is 1.39 bits per heavy atom. The number of carbonyl (C=O) groups is 5. The van der Waals surface area contributed by atoms with Gasteiger partial charge in [-0.15, -0.1) is 0 Å². The van der Waals surface area contributed by atoms with Crippen LogP contribution < -0.4 is 10.6 Å². The van der Waals surface area contributed by atoms with Crippen LogP contribution in [-0.4, -0.2) is 71.6 Å². The normalized spacial score (nSPS) is 13.2. The SMILES string of the molecule is CCOC(=O)C(C(C)C)N(CC(=O)OC(C)(C)C)C(=O)C(Cc1ccccc1)NC(=O)C(C)NC(=O)OCc1ccccc1. The van der Waals surface area contributed by atoms with Crippen LogP contribution in [0.2, 0.25) is 0 Å². The molecule has 0 saturated heterocycles. The van der Waals surface area contributed by atoms with Gasteiger partial charge >= 0.3 is 18.0 Å². The van der Waals surface area contributed by atoms with Crippen LogP contribution in [0.25, 0.3) is 0 Å². The van der Waals surface area contributed by atoms with Crippen LogP contribution in [0, 0.1) is 5.92 Å². The van der Waals surface area contributed by atoms with Crippen molar-refractivity contribution < 1.29 is 38.2 Å². The summed E-state index contributed by atoms with van der Waals surface area (Å²) in [6.45, 7) is 11.2. The quantitative estimate of drug-likeness (QED) is 0.243. The van der Waals surface area contributed by atoms with Crippen molar-refractivity contribution in [1.29, 1.82) is 0 Å². The molecule has 0 radical (unpaired) electrons. The molecule has 2 aromatic carbocycles. The third-order valence-electron chi connectivity index (χ3n) is 6.34. The Kier molecular flexibility index (Phi) is 13.8. The highest BCUT2D eigenvalue weighted by Crippen LogP contribution is 2.18. The molecule has 0 heterocycles. The number of carbonyl (C=O) groups excluding carboxylic acids is 5. The van der Waals surface area contributed by atoms with Gasteiger partial charge in [-0.3, -0.25) is 14.4 Å². The molecule has 3 atom stereocenters. The van der Waals surface area contributed by atoms with E-state index in [0.29, 0.717) is 0 Å². The Morgan fingerprint density at radius 3 is 1.91 bits per heavy atom. The van der Waals surface area contributed by atoms with E-state index in [2.05, 4.69) is 10.6 Å². The second-order valence-corrected chi connectivity index (χ2v) is 11.7. The maximum Gasteiger partial charge on any atom is 0.408 e. The van der Waals surface area contributed by atoms with E-state index in [1.807, 2.05) is 24.3 Å². The average molecular weight is 612 g/mol. The summed E-state index contributed by atoms with van der Waals surface area (Å²) < 4.78 is 15.9. The van der Waals surface area contributed by atoms with Crippen molar-refractivity contribution in [3.63, 3.8) is 0 Å². The third kappa shape index (κ3) is 12.1. The lowest BCUT2D eigenvalue weighted by molar-refractivity contribution is -0.166. The van der Waals surface area contributed by atoms with Gasteiger partial charge in [-0.25, -0.2) is 9.59 Å². The molecule has 0 saturated carbocycles. The highest BCUT2D eigenvalue weighted by atomic mass is 16.6. The van der Waals surface area contributed by atoms with Gasteiger partial charge < -0.3 is 29.7 Å². The predicted octanol–water partition coefficient (Wildman–Crippen LogP) is 3.79. The summed E-state index contributed by atoms with van der Waals surface area (Å²) >= 11 is 0. The Labute approximate surface area is 259 Å². The van der Waals surface area contributed by atoms with Crippen LogP contribution >= 0.6 is 0 Å². The Bertz CT molecular complexity index is 1240. The van der Waals surface area contributed by atoms with Crippen LogP contribution in [0.1, 0.15) is 59.6 Å². The molecule has 2 rings (SSSR count). The molecule has 3 unspecified atom stereocenters. The van der Waals surface area contributed by atoms with Crippen molar-refractivity contribution in [1.82, 2.24) is 15.5 Å². The number of hydrogen-bond acceptors (Lipinski definition) is 8. The van der Waals surface area contributed by atoms with E-state index in [9.17, 15) is 24.0 Å². The van der Waals surface area contributed by atoms with Crippen LogP contribution in [0.3, 0.4) is 0 Å². The number of ether oxygens (including phenoxy) is 3. The first kappa shape index (κ1) is 35.8. The largest absolute Gasteiger partial charge is 0.464 e. The lowest BCUT2D eigenvalue weighted by Gasteiger charge is -2.35. The van der Waals surface area contributed by atoms with Crippen molar-refractivity contribution in [3.8, 4) is 0 Å². The molecule has 0 aliphatic heterocycles. The zero-order chi connectivity index (χ0) is 32.9. The molecule has 2 aromatic rings. The molecular weight excluding hydrogens is 566 g/mol. The smallest absolute Gasteiger partial charge is 0.408 e. The van der Waals surface area contributed by atoms with Crippen molar-refractivity contribution in [3.05, 3.63) is 71.8 Å². The lowest BCUT2D eigenvalue weighted by Crippen LogP contribution is -2.59. The summed E-state index contributed by atoms with van der Waals surface area (Å²) in [6, 6.07) is 14.6. The minimum absolute atomic E-state index is 0.0141. The Morgan fingerprint density at radius 1 is 0.818 bits per heavy atom. The van der Waals surface area contributed by atoms with Crippen molar-refractivity contribution in [2.75, 3.05) is 13.2 Å². The molecule has 2 N–H and O–H groups in total. The maximum absolute atomic E-state index is 14.2. The number of hydrogen-bond donors (Lipinski definition) is 2. The van der Waals surface area contributed by atoms with E-state index in [4.69, 9.17) is 14.2 Å². The van der Waals surface area contributed by atoms with Crippen LogP contribution in [0.4, 0.5) is 4.79 Å². The molecule has 0 spiro atoms. The van der Waals surface area contributed by atoms with E-state index in [1.165, 1.54) is 6.92 Å². The van der Waals surface area contributed by atoms with Crippen molar-refractivity contribution in [2.24, 2.45) is 5.92 Å². The molecule has 11 nitrogen and oxygen atoms in total. The molecule has 0 fully saturated rings. The molecular formula is C33H45N3O8.